The first-order valence-electron chi connectivity index (χ1n) is 12.0. The van der Waals surface area contributed by atoms with E-state index in [4.69, 9.17) is 23.7 Å². The molecule has 1 heterocycles. The van der Waals surface area contributed by atoms with E-state index in [-0.39, 0.29) is 0 Å². The fourth-order valence-corrected chi connectivity index (χ4v) is 4.65. The summed E-state index contributed by atoms with van der Waals surface area (Å²) in [6.07, 6.45) is 8.72. The van der Waals surface area contributed by atoms with E-state index in [1.54, 1.807) is 21.3 Å². The predicted molar refractivity (Wildman–Crippen MR) is 145 cm³/mol. The molecule has 0 aromatic heterocycles. The highest BCUT2D eigenvalue weighted by Crippen LogP contribution is 2.49. The predicted octanol–water partition coefficient (Wildman–Crippen LogP) is 6.83. The molecule has 1 atom stereocenters. The molecule has 1 aliphatic rings. The zero-order valence-electron chi connectivity index (χ0n) is 22.1. The van der Waals surface area contributed by atoms with Crippen molar-refractivity contribution < 1.29 is 28.5 Å². The molecule has 0 fully saturated rings. The normalized spacial score (nSPS) is 17.1. The highest BCUT2D eigenvalue weighted by molar-refractivity contribution is 6.08. The number of methoxy groups -OCH3 is 4. The van der Waals surface area contributed by atoms with Crippen molar-refractivity contribution in [3.05, 3.63) is 94.8 Å². The highest BCUT2D eigenvalue weighted by atomic mass is 16.5. The summed E-state index contributed by atoms with van der Waals surface area (Å²) in [6.45, 7) is 3.96. The van der Waals surface area contributed by atoms with E-state index in [1.165, 1.54) is 7.11 Å². The molecule has 6 nitrogen and oxygen atoms in total. The Balaban J connectivity index is 1.98. The average Bonchev–Trinajstić information content (AvgIpc) is 2.95. The molecule has 1 unspecified atom stereocenters. The van der Waals surface area contributed by atoms with Crippen molar-refractivity contribution >= 4 is 22.8 Å². The summed E-state index contributed by atoms with van der Waals surface area (Å²) in [5.74, 6) is 2.15. The first-order chi connectivity index (χ1) is 17.9. The fraction of sp³-hybridized carbons (Fsp3) is 0.258. The topological polar surface area (TPSA) is 63.2 Å². The van der Waals surface area contributed by atoms with Crippen molar-refractivity contribution in [1.82, 2.24) is 0 Å². The number of carbonyl (C=O) groups excluding carboxylic acids is 1. The molecule has 6 heteroatoms. The molecule has 0 saturated heterocycles. The van der Waals surface area contributed by atoms with E-state index >= 15 is 0 Å². The Morgan fingerprint density at radius 3 is 2.22 bits per heavy atom. The van der Waals surface area contributed by atoms with Crippen LogP contribution in [-0.2, 0) is 15.1 Å². The lowest BCUT2D eigenvalue weighted by Crippen LogP contribution is -2.35. The van der Waals surface area contributed by atoms with Crippen molar-refractivity contribution in [1.29, 1.82) is 0 Å². The zero-order chi connectivity index (χ0) is 26.6. The monoisotopic (exact) mass is 500 g/mol. The van der Waals surface area contributed by atoms with Crippen LogP contribution >= 0.6 is 0 Å². The average molecular weight is 501 g/mol. The van der Waals surface area contributed by atoms with Gasteiger partial charge in [-0.3, -0.25) is 0 Å². The number of hydrogen-bond acceptors (Lipinski definition) is 6. The van der Waals surface area contributed by atoms with Crippen LogP contribution < -0.4 is 14.2 Å². The molecule has 1 aliphatic heterocycles. The third kappa shape index (κ3) is 4.67. The Morgan fingerprint density at radius 1 is 0.892 bits per heavy atom. The molecular formula is C31H32O6. The summed E-state index contributed by atoms with van der Waals surface area (Å²) < 4.78 is 28.5. The van der Waals surface area contributed by atoms with Gasteiger partial charge < -0.3 is 23.7 Å². The van der Waals surface area contributed by atoms with Crippen molar-refractivity contribution in [2.75, 3.05) is 28.4 Å². The van der Waals surface area contributed by atoms with Crippen LogP contribution in [0.1, 0.15) is 41.8 Å². The van der Waals surface area contributed by atoms with E-state index in [2.05, 4.69) is 6.08 Å². The van der Waals surface area contributed by atoms with Gasteiger partial charge in [0.2, 0.25) is 0 Å². The highest BCUT2D eigenvalue weighted by Gasteiger charge is 2.39. The van der Waals surface area contributed by atoms with Gasteiger partial charge in [-0.2, -0.15) is 0 Å². The lowest BCUT2D eigenvalue weighted by molar-refractivity contribution is 0.0595. The Hall–Kier alpha value is -4.19. The van der Waals surface area contributed by atoms with Crippen LogP contribution in [0, 0.1) is 0 Å². The van der Waals surface area contributed by atoms with Crippen LogP contribution in [-0.4, -0.2) is 34.4 Å². The van der Waals surface area contributed by atoms with Gasteiger partial charge in [0.25, 0.3) is 0 Å². The van der Waals surface area contributed by atoms with Crippen molar-refractivity contribution in [3.63, 3.8) is 0 Å². The number of allylic oxidation sites excluding steroid dienone is 3. The Morgan fingerprint density at radius 2 is 1.59 bits per heavy atom. The molecule has 3 aromatic rings. The Bertz CT molecular complexity index is 1400. The standard InChI is InChI=1S/C31H32O6/c1-20(10-9-11-21(2)33-3)31(22-14-16-23(34-4)17-15-22)19-18-26-27(30(32)36-6)29(35-5)25-13-8-7-12-24(25)28(26)37-31/h7-8,10-19H,9H2,1-6H3/b20-10+,21-11+. The molecule has 37 heavy (non-hydrogen) atoms. The van der Waals surface area contributed by atoms with Gasteiger partial charge >= 0.3 is 5.97 Å². The summed E-state index contributed by atoms with van der Waals surface area (Å²) in [5.41, 5.74) is 1.95. The number of rotatable bonds is 8. The van der Waals surface area contributed by atoms with E-state index in [9.17, 15) is 4.79 Å². The maximum Gasteiger partial charge on any atom is 0.342 e. The van der Waals surface area contributed by atoms with Gasteiger partial charge in [0.15, 0.2) is 5.60 Å². The number of ether oxygens (including phenoxy) is 5. The molecule has 0 spiro atoms. The lowest BCUT2D eigenvalue weighted by atomic mass is 9.82. The molecule has 0 aliphatic carbocycles. The van der Waals surface area contributed by atoms with Gasteiger partial charge in [-0.1, -0.05) is 42.5 Å². The smallest absolute Gasteiger partial charge is 0.342 e. The van der Waals surface area contributed by atoms with Crippen LogP contribution in [0.5, 0.6) is 17.2 Å². The maximum atomic E-state index is 12.9. The van der Waals surface area contributed by atoms with Crippen molar-refractivity contribution in [2.45, 2.75) is 25.9 Å². The second kappa shape index (κ2) is 10.8. The van der Waals surface area contributed by atoms with Crippen LogP contribution in [0.2, 0.25) is 0 Å². The second-order valence-corrected chi connectivity index (χ2v) is 8.73. The van der Waals surface area contributed by atoms with Crippen LogP contribution in [0.15, 0.2) is 78.1 Å². The van der Waals surface area contributed by atoms with Crippen molar-refractivity contribution in [2.24, 2.45) is 0 Å². The third-order valence-electron chi connectivity index (χ3n) is 6.75. The number of benzene rings is 3. The van der Waals surface area contributed by atoms with Gasteiger partial charge in [0.05, 0.1) is 34.2 Å². The van der Waals surface area contributed by atoms with Crippen molar-refractivity contribution in [3.8, 4) is 17.2 Å². The zero-order valence-corrected chi connectivity index (χ0v) is 22.1. The molecule has 192 valence electrons. The summed E-state index contributed by atoms with van der Waals surface area (Å²) >= 11 is 0. The van der Waals surface area contributed by atoms with Gasteiger partial charge in [-0.25, -0.2) is 4.79 Å². The van der Waals surface area contributed by atoms with E-state index in [0.717, 1.165) is 33.4 Å². The number of esters is 1. The molecule has 4 rings (SSSR count). The van der Waals surface area contributed by atoms with Gasteiger partial charge in [0.1, 0.15) is 22.8 Å². The van der Waals surface area contributed by atoms with Crippen LogP contribution in [0.4, 0.5) is 0 Å². The molecule has 0 amide bonds. The van der Waals surface area contributed by atoms with Gasteiger partial charge in [-0.05, 0) is 56.2 Å². The summed E-state index contributed by atoms with van der Waals surface area (Å²) in [6, 6.07) is 15.6. The third-order valence-corrected chi connectivity index (χ3v) is 6.75. The van der Waals surface area contributed by atoms with E-state index < -0.39 is 11.6 Å². The first kappa shape index (κ1) is 25.9. The summed E-state index contributed by atoms with van der Waals surface area (Å²) in [5, 5.41) is 1.61. The number of carbonyl (C=O) groups is 1. The molecule has 3 aromatic carbocycles. The number of hydrogen-bond donors (Lipinski definition) is 0. The largest absolute Gasteiger partial charge is 0.502 e. The molecule has 0 bridgehead atoms. The second-order valence-electron chi connectivity index (χ2n) is 8.73. The minimum Gasteiger partial charge on any atom is -0.502 e. The maximum absolute atomic E-state index is 12.9. The molecule has 0 saturated carbocycles. The first-order valence-corrected chi connectivity index (χ1v) is 12.0. The summed E-state index contributed by atoms with van der Waals surface area (Å²) in [4.78, 5) is 12.9. The van der Waals surface area contributed by atoms with Crippen LogP contribution in [0.25, 0.3) is 16.8 Å². The molecule has 0 N–H and O–H groups in total. The van der Waals surface area contributed by atoms with E-state index in [1.807, 2.05) is 80.6 Å². The van der Waals surface area contributed by atoms with E-state index in [0.29, 0.717) is 29.0 Å². The fourth-order valence-electron chi connectivity index (χ4n) is 4.65. The lowest BCUT2D eigenvalue weighted by Gasteiger charge is -2.38. The SMILES string of the molecule is COC(=O)c1c2c(c3ccccc3c1OC)OC(/C(C)=C/C/C=C(\C)OC)(c1ccc(OC)cc1)C=C2. The molecular weight excluding hydrogens is 468 g/mol. The Kier molecular flexibility index (Phi) is 7.58. The minimum absolute atomic E-state index is 0.332. The quantitative estimate of drug-likeness (QED) is 0.192. The van der Waals surface area contributed by atoms with Gasteiger partial charge in [-0.15, -0.1) is 0 Å². The molecule has 0 radical (unpaired) electrons. The number of fused-ring (bicyclic) bond motifs is 3. The van der Waals surface area contributed by atoms with Crippen LogP contribution in [0.3, 0.4) is 0 Å². The minimum atomic E-state index is -0.918. The Labute approximate surface area is 217 Å². The van der Waals surface area contributed by atoms with Gasteiger partial charge in [0, 0.05) is 21.9 Å². The summed E-state index contributed by atoms with van der Waals surface area (Å²) in [7, 11) is 6.21.